The summed E-state index contributed by atoms with van der Waals surface area (Å²) >= 11 is 0. The Kier molecular flexibility index (Phi) is 3.82. The van der Waals surface area contributed by atoms with E-state index in [2.05, 4.69) is 0 Å². The number of rotatable bonds is 4. The Balaban J connectivity index is 2.78. The van der Waals surface area contributed by atoms with Gasteiger partial charge in [-0.2, -0.15) is 0 Å². The fraction of sp³-hybridized carbons (Fsp3) is 1.00. The van der Waals surface area contributed by atoms with Crippen LogP contribution in [-0.2, 0) is 9.47 Å². The molecule has 0 saturated carbocycles. The Hall–Kier alpha value is -0.240. The zero-order valence-electron chi connectivity index (χ0n) is 8.09. The Morgan fingerprint density at radius 1 is 1.50 bits per heavy atom. The Morgan fingerprint density at radius 2 is 2.14 bits per heavy atom. The third-order valence-electron chi connectivity index (χ3n) is 2.59. The molecule has 1 rings (SSSR count). The van der Waals surface area contributed by atoms with Crippen LogP contribution in [-0.4, -0.2) is 59.7 Å². The normalized spacial score (nSPS) is 43.1. The number of ether oxygens (including phenoxy) is 2. The molecule has 1 heterocycles. The van der Waals surface area contributed by atoms with Crippen molar-refractivity contribution < 1.29 is 24.8 Å². The molecule has 84 valence electrons. The van der Waals surface area contributed by atoms with E-state index in [0.29, 0.717) is 0 Å². The van der Waals surface area contributed by atoms with Gasteiger partial charge in [0.15, 0.2) is 5.79 Å². The minimum absolute atomic E-state index is 0.160. The zero-order valence-corrected chi connectivity index (χ0v) is 8.09. The molecular weight excluding hydrogens is 190 g/mol. The highest BCUT2D eigenvalue weighted by Crippen LogP contribution is 2.33. The van der Waals surface area contributed by atoms with Gasteiger partial charge in [0.25, 0.3) is 0 Å². The van der Waals surface area contributed by atoms with Crippen LogP contribution in [0, 0.1) is 0 Å². The fourth-order valence-corrected chi connectivity index (χ4v) is 1.71. The largest absolute Gasteiger partial charge is 0.396 e. The summed E-state index contributed by atoms with van der Waals surface area (Å²) in [6.45, 7) is -0.488. The number of aliphatic hydroxyl groups is 3. The van der Waals surface area contributed by atoms with Crippen LogP contribution in [0.25, 0.3) is 0 Å². The average Bonchev–Trinajstić information content (AvgIpc) is 2.44. The summed E-state index contributed by atoms with van der Waals surface area (Å²) in [5.41, 5.74) is 5.70. The maximum atomic E-state index is 9.58. The third-order valence-corrected chi connectivity index (χ3v) is 2.59. The molecule has 1 aliphatic heterocycles. The smallest absolute Gasteiger partial charge is 0.188 e. The molecular formula is C8H17NO5. The first kappa shape index (κ1) is 11.8. The standard InChI is InChI=1S/C8H17NO5/c1-13-8(2-3-10)7(9)6(12)5(4-11)14-8/h5-7,10-12H,2-4,9H2,1H3/t5-,6-,7+,8+/m0/s1. The highest BCUT2D eigenvalue weighted by atomic mass is 16.7. The summed E-state index contributed by atoms with van der Waals surface area (Å²) in [5.74, 6) is -1.19. The highest BCUT2D eigenvalue weighted by Gasteiger charge is 2.52. The van der Waals surface area contributed by atoms with Gasteiger partial charge >= 0.3 is 0 Å². The molecule has 1 fully saturated rings. The molecule has 0 aromatic heterocycles. The average molecular weight is 207 g/mol. The molecule has 0 aromatic rings. The van der Waals surface area contributed by atoms with E-state index in [-0.39, 0.29) is 19.6 Å². The maximum Gasteiger partial charge on any atom is 0.188 e. The number of methoxy groups -OCH3 is 1. The van der Waals surface area contributed by atoms with E-state index in [9.17, 15) is 5.11 Å². The van der Waals surface area contributed by atoms with Crippen LogP contribution in [0.1, 0.15) is 6.42 Å². The number of aliphatic hydroxyl groups excluding tert-OH is 3. The van der Waals surface area contributed by atoms with Crippen molar-refractivity contribution in [3.05, 3.63) is 0 Å². The summed E-state index contributed by atoms with van der Waals surface area (Å²) in [7, 11) is 1.39. The van der Waals surface area contributed by atoms with Gasteiger partial charge in [0.05, 0.1) is 12.6 Å². The van der Waals surface area contributed by atoms with Crippen LogP contribution in [0.3, 0.4) is 0 Å². The number of nitrogens with two attached hydrogens (primary N) is 1. The van der Waals surface area contributed by atoms with Gasteiger partial charge in [-0.05, 0) is 0 Å². The predicted molar refractivity (Wildman–Crippen MR) is 47.4 cm³/mol. The minimum Gasteiger partial charge on any atom is -0.396 e. The molecule has 1 saturated heterocycles. The molecule has 0 radical (unpaired) electrons. The lowest BCUT2D eigenvalue weighted by atomic mass is 10.0. The van der Waals surface area contributed by atoms with E-state index < -0.39 is 24.0 Å². The van der Waals surface area contributed by atoms with Crippen molar-refractivity contribution in [2.75, 3.05) is 20.3 Å². The lowest BCUT2D eigenvalue weighted by molar-refractivity contribution is -0.228. The summed E-state index contributed by atoms with van der Waals surface area (Å²) < 4.78 is 10.4. The molecule has 0 amide bonds. The minimum atomic E-state index is -1.19. The molecule has 5 N–H and O–H groups in total. The first-order valence-electron chi connectivity index (χ1n) is 4.49. The van der Waals surface area contributed by atoms with Gasteiger partial charge in [0.2, 0.25) is 0 Å². The third kappa shape index (κ3) is 1.77. The van der Waals surface area contributed by atoms with Crippen molar-refractivity contribution in [2.45, 2.75) is 30.5 Å². The molecule has 1 aliphatic rings. The van der Waals surface area contributed by atoms with E-state index in [1.165, 1.54) is 7.11 Å². The SMILES string of the molecule is CO[C@]1(CCO)O[C@@H](CO)[C@H](O)[C@H]1N. The van der Waals surface area contributed by atoms with Crippen molar-refractivity contribution in [3.63, 3.8) is 0 Å². The molecule has 6 nitrogen and oxygen atoms in total. The molecule has 0 aliphatic carbocycles. The van der Waals surface area contributed by atoms with Gasteiger partial charge in [0.1, 0.15) is 12.2 Å². The predicted octanol–water partition coefficient (Wildman–Crippen LogP) is -2.21. The quantitative estimate of drug-likeness (QED) is 0.416. The molecule has 0 spiro atoms. The molecule has 6 heteroatoms. The highest BCUT2D eigenvalue weighted by molar-refractivity contribution is 4.99. The van der Waals surface area contributed by atoms with Crippen LogP contribution in [0.2, 0.25) is 0 Å². The lowest BCUT2D eigenvalue weighted by Crippen LogP contribution is -2.51. The summed E-state index contributed by atoms with van der Waals surface area (Å²) in [6.07, 6.45) is -1.57. The first-order valence-corrected chi connectivity index (χ1v) is 4.49. The van der Waals surface area contributed by atoms with E-state index >= 15 is 0 Å². The van der Waals surface area contributed by atoms with Gasteiger partial charge in [-0.15, -0.1) is 0 Å². The van der Waals surface area contributed by atoms with Crippen molar-refractivity contribution in [2.24, 2.45) is 5.73 Å². The molecule has 0 bridgehead atoms. The lowest BCUT2D eigenvalue weighted by Gasteiger charge is -2.30. The van der Waals surface area contributed by atoms with Crippen LogP contribution in [0.4, 0.5) is 0 Å². The van der Waals surface area contributed by atoms with E-state index in [1.807, 2.05) is 0 Å². The van der Waals surface area contributed by atoms with Crippen molar-refractivity contribution in [3.8, 4) is 0 Å². The topological polar surface area (TPSA) is 105 Å². The van der Waals surface area contributed by atoms with Gasteiger partial charge in [-0.3, -0.25) is 0 Å². The summed E-state index contributed by atoms with van der Waals surface area (Å²) in [6, 6.07) is -0.767. The second-order valence-electron chi connectivity index (χ2n) is 3.34. The van der Waals surface area contributed by atoms with Crippen molar-refractivity contribution >= 4 is 0 Å². The summed E-state index contributed by atoms with van der Waals surface area (Å²) in [4.78, 5) is 0. The first-order chi connectivity index (χ1) is 6.61. The van der Waals surface area contributed by atoms with Gasteiger partial charge < -0.3 is 30.5 Å². The van der Waals surface area contributed by atoms with Crippen LogP contribution in [0.15, 0.2) is 0 Å². The Bertz CT molecular complexity index is 191. The Labute approximate surface area is 82.2 Å². The Morgan fingerprint density at radius 3 is 2.50 bits per heavy atom. The van der Waals surface area contributed by atoms with Gasteiger partial charge in [-0.25, -0.2) is 0 Å². The number of hydrogen-bond donors (Lipinski definition) is 4. The van der Waals surface area contributed by atoms with Crippen molar-refractivity contribution in [1.29, 1.82) is 0 Å². The second-order valence-corrected chi connectivity index (χ2v) is 3.34. The monoisotopic (exact) mass is 207 g/mol. The molecule has 14 heavy (non-hydrogen) atoms. The maximum absolute atomic E-state index is 9.58. The van der Waals surface area contributed by atoms with Crippen LogP contribution in [0.5, 0.6) is 0 Å². The van der Waals surface area contributed by atoms with E-state index in [1.54, 1.807) is 0 Å². The molecule has 0 unspecified atom stereocenters. The molecule has 4 atom stereocenters. The zero-order chi connectivity index (χ0) is 10.8. The van der Waals surface area contributed by atoms with Crippen LogP contribution >= 0.6 is 0 Å². The van der Waals surface area contributed by atoms with Gasteiger partial charge in [-0.1, -0.05) is 0 Å². The van der Waals surface area contributed by atoms with E-state index in [4.69, 9.17) is 25.4 Å². The summed E-state index contributed by atoms with van der Waals surface area (Å²) in [5, 5.41) is 27.3. The number of hydrogen-bond acceptors (Lipinski definition) is 6. The van der Waals surface area contributed by atoms with Crippen molar-refractivity contribution in [1.82, 2.24) is 0 Å². The molecule has 0 aromatic carbocycles. The fourth-order valence-electron chi connectivity index (χ4n) is 1.71. The second kappa shape index (κ2) is 4.52. The van der Waals surface area contributed by atoms with E-state index in [0.717, 1.165) is 0 Å². The van der Waals surface area contributed by atoms with Crippen LogP contribution < -0.4 is 5.73 Å². The van der Waals surface area contributed by atoms with Gasteiger partial charge in [0, 0.05) is 20.1 Å².